The summed E-state index contributed by atoms with van der Waals surface area (Å²) in [6.45, 7) is 2.05. The van der Waals surface area contributed by atoms with Crippen molar-refractivity contribution in [1.29, 1.82) is 0 Å². The second-order valence-electron chi connectivity index (χ2n) is 2.58. The Morgan fingerprint density at radius 3 is 2.62 bits per heavy atom. The Morgan fingerprint density at radius 1 is 1.62 bits per heavy atom. The molecule has 6 heteroatoms. The predicted molar refractivity (Wildman–Crippen MR) is 48.8 cm³/mol. The molecule has 0 saturated carbocycles. The van der Waals surface area contributed by atoms with Crippen molar-refractivity contribution < 1.29 is 17.8 Å². The highest BCUT2D eigenvalue weighted by Gasteiger charge is 2.13. The van der Waals surface area contributed by atoms with Gasteiger partial charge in [-0.25, -0.2) is 4.79 Å². The SMILES string of the molecule is CCC(CS(=O)(=O)O)NCC=C=O. The molecule has 0 bridgehead atoms. The molecule has 0 aromatic carbocycles. The van der Waals surface area contributed by atoms with Gasteiger partial charge in [0.1, 0.15) is 5.94 Å². The molecular formula is C7H13NO4S. The average Bonchev–Trinajstić information content (AvgIpc) is 2.01. The normalized spacial score (nSPS) is 13.4. The smallest absolute Gasteiger partial charge is 0.266 e. The van der Waals surface area contributed by atoms with E-state index in [1.54, 1.807) is 12.9 Å². The summed E-state index contributed by atoms with van der Waals surface area (Å²) in [4.78, 5) is 9.77. The van der Waals surface area contributed by atoms with Crippen LogP contribution in [-0.2, 0) is 14.9 Å². The second-order valence-corrected chi connectivity index (χ2v) is 4.08. The maximum Gasteiger partial charge on any atom is 0.266 e. The van der Waals surface area contributed by atoms with Gasteiger partial charge in [0.25, 0.3) is 10.1 Å². The molecule has 0 aliphatic heterocycles. The Kier molecular flexibility index (Phi) is 5.57. The first-order valence-electron chi connectivity index (χ1n) is 3.87. The van der Waals surface area contributed by atoms with Crippen LogP contribution in [0.3, 0.4) is 0 Å². The summed E-state index contributed by atoms with van der Waals surface area (Å²) < 4.78 is 29.4. The van der Waals surface area contributed by atoms with E-state index in [-0.39, 0.29) is 18.3 Å². The van der Waals surface area contributed by atoms with Crippen LogP contribution in [0.25, 0.3) is 0 Å². The fraction of sp³-hybridized carbons (Fsp3) is 0.714. The largest absolute Gasteiger partial charge is 0.309 e. The Bertz CT molecular complexity index is 279. The lowest BCUT2D eigenvalue weighted by atomic mass is 10.2. The fourth-order valence-electron chi connectivity index (χ4n) is 0.843. The number of rotatable bonds is 6. The standard InChI is InChI=1S/C7H13NO4S/c1-2-7(6-13(10,11)12)8-4-3-5-9/h3,7-8H,2,4,6H2,1H3,(H,10,11,12). The minimum atomic E-state index is -3.95. The summed E-state index contributed by atoms with van der Waals surface area (Å²) in [5.74, 6) is 1.22. The quantitative estimate of drug-likeness (QED) is 0.458. The van der Waals surface area contributed by atoms with Gasteiger partial charge in [-0.05, 0) is 6.42 Å². The summed E-state index contributed by atoms with van der Waals surface area (Å²) in [6.07, 6.45) is 1.78. The zero-order valence-electron chi connectivity index (χ0n) is 7.36. The minimum absolute atomic E-state index is 0.261. The minimum Gasteiger partial charge on any atom is -0.309 e. The summed E-state index contributed by atoms with van der Waals surface area (Å²) >= 11 is 0. The van der Waals surface area contributed by atoms with E-state index in [1.807, 2.05) is 0 Å². The molecule has 0 spiro atoms. The van der Waals surface area contributed by atoms with Gasteiger partial charge in [-0.2, -0.15) is 8.42 Å². The Balaban J connectivity index is 3.97. The van der Waals surface area contributed by atoms with Gasteiger partial charge in [0.15, 0.2) is 0 Å². The summed E-state index contributed by atoms with van der Waals surface area (Å²) in [6, 6.07) is -0.334. The molecule has 0 saturated heterocycles. The van der Waals surface area contributed by atoms with E-state index in [2.05, 4.69) is 5.32 Å². The number of hydrogen-bond donors (Lipinski definition) is 2. The Labute approximate surface area is 77.6 Å². The third-order valence-corrected chi connectivity index (χ3v) is 2.32. The topological polar surface area (TPSA) is 83.5 Å². The van der Waals surface area contributed by atoms with E-state index in [4.69, 9.17) is 4.55 Å². The van der Waals surface area contributed by atoms with Crippen molar-refractivity contribution in [2.45, 2.75) is 19.4 Å². The Morgan fingerprint density at radius 2 is 2.23 bits per heavy atom. The first kappa shape index (κ1) is 12.3. The van der Waals surface area contributed by atoms with Crippen LogP contribution < -0.4 is 5.32 Å². The van der Waals surface area contributed by atoms with E-state index in [0.717, 1.165) is 0 Å². The first-order chi connectivity index (χ1) is 5.99. The highest BCUT2D eigenvalue weighted by molar-refractivity contribution is 7.85. The van der Waals surface area contributed by atoms with Crippen LogP contribution in [0.2, 0.25) is 0 Å². The molecular weight excluding hydrogens is 194 g/mol. The Hall–Kier alpha value is -0.680. The van der Waals surface area contributed by atoms with Crippen molar-refractivity contribution in [2.75, 3.05) is 12.3 Å². The van der Waals surface area contributed by atoms with Crippen LogP contribution in [0.5, 0.6) is 0 Å². The van der Waals surface area contributed by atoms with Crippen LogP contribution >= 0.6 is 0 Å². The van der Waals surface area contributed by atoms with Gasteiger partial charge >= 0.3 is 0 Å². The predicted octanol–water partition coefficient (Wildman–Crippen LogP) is -0.370. The lowest BCUT2D eigenvalue weighted by molar-refractivity contribution is 0.464. The van der Waals surface area contributed by atoms with Gasteiger partial charge in [0, 0.05) is 18.7 Å². The van der Waals surface area contributed by atoms with Gasteiger partial charge in [-0.1, -0.05) is 6.92 Å². The van der Waals surface area contributed by atoms with E-state index in [0.29, 0.717) is 6.42 Å². The van der Waals surface area contributed by atoms with E-state index >= 15 is 0 Å². The van der Waals surface area contributed by atoms with Crippen LogP contribution in [0.1, 0.15) is 13.3 Å². The maximum absolute atomic E-state index is 10.5. The third-order valence-electron chi connectivity index (χ3n) is 1.50. The van der Waals surface area contributed by atoms with Crippen molar-refractivity contribution >= 4 is 16.1 Å². The van der Waals surface area contributed by atoms with Crippen molar-refractivity contribution in [2.24, 2.45) is 0 Å². The molecule has 0 aliphatic carbocycles. The highest BCUT2D eigenvalue weighted by Crippen LogP contribution is 1.95. The summed E-state index contributed by atoms with van der Waals surface area (Å²) in [5, 5.41) is 2.77. The zero-order chi connectivity index (χ0) is 10.3. The summed E-state index contributed by atoms with van der Waals surface area (Å²) in [7, 11) is -3.95. The van der Waals surface area contributed by atoms with Gasteiger partial charge in [-0.15, -0.1) is 0 Å². The number of hydrogen-bond acceptors (Lipinski definition) is 4. The zero-order valence-corrected chi connectivity index (χ0v) is 8.17. The van der Waals surface area contributed by atoms with Crippen molar-refractivity contribution in [3.63, 3.8) is 0 Å². The molecule has 0 aromatic heterocycles. The third kappa shape index (κ3) is 7.67. The van der Waals surface area contributed by atoms with Crippen LogP contribution in [0.15, 0.2) is 6.08 Å². The molecule has 0 amide bonds. The van der Waals surface area contributed by atoms with Crippen LogP contribution in [0.4, 0.5) is 0 Å². The molecule has 1 atom stereocenters. The summed E-state index contributed by atoms with van der Waals surface area (Å²) in [5.41, 5.74) is 0. The molecule has 0 heterocycles. The molecule has 5 nitrogen and oxygen atoms in total. The van der Waals surface area contributed by atoms with E-state index in [9.17, 15) is 13.2 Å². The van der Waals surface area contributed by atoms with Crippen LogP contribution in [0, 0.1) is 0 Å². The van der Waals surface area contributed by atoms with Crippen molar-refractivity contribution in [3.8, 4) is 0 Å². The fourth-order valence-corrected chi connectivity index (χ4v) is 1.70. The lowest BCUT2D eigenvalue weighted by Crippen LogP contribution is -2.35. The molecule has 76 valence electrons. The molecule has 0 rings (SSSR count). The average molecular weight is 207 g/mol. The maximum atomic E-state index is 10.5. The molecule has 1 unspecified atom stereocenters. The van der Waals surface area contributed by atoms with Gasteiger partial charge in [0.05, 0.1) is 5.75 Å². The number of nitrogens with one attached hydrogen (secondary N) is 1. The molecule has 0 aliphatic rings. The van der Waals surface area contributed by atoms with Crippen molar-refractivity contribution in [3.05, 3.63) is 6.08 Å². The van der Waals surface area contributed by atoms with Crippen LogP contribution in [-0.4, -0.2) is 37.3 Å². The second kappa shape index (κ2) is 5.88. The van der Waals surface area contributed by atoms with E-state index in [1.165, 1.54) is 6.08 Å². The molecule has 0 fully saturated rings. The van der Waals surface area contributed by atoms with Crippen molar-refractivity contribution in [1.82, 2.24) is 5.32 Å². The molecule has 13 heavy (non-hydrogen) atoms. The monoisotopic (exact) mass is 207 g/mol. The first-order valence-corrected chi connectivity index (χ1v) is 5.48. The molecule has 0 radical (unpaired) electrons. The molecule has 2 N–H and O–H groups in total. The molecule has 0 aromatic rings. The van der Waals surface area contributed by atoms with E-state index < -0.39 is 10.1 Å². The van der Waals surface area contributed by atoms with Gasteiger partial charge in [0.2, 0.25) is 0 Å². The van der Waals surface area contributed by atoms with Gasteiger partial charge < -0.3 is 5.32 Å². The van der Waals surface area contributed by atoms with Gasteiger partial charge in [-0.3, -0.25) is 4.55 Å². The lowest BCUT2D eigenvalue weighted by Gasteiger charge is -2.12. The highest BCUT2D eigenvalue weighted by atomic mass is 32.2. The number of carbonyl (C=O) groups excluding carboxylic acids is 1.